The molecular weight excluding hydrogens is 612 g/mol. The summed E-state index contributed by atoms with van der Waals surface area (Å²) >= 11 is 0. The van der Waals surface area contributed by atoms with E-state index < -0.39 is 0 Å². The van der Waals surface area contributed by atoms with Gasteiger partial charge in [-0.25, -0.2) is 0 Å². The first-order chi connectivity index (χ1) is 23.7. The van der Waals surface area contributed by atoms with E-state index in [1.165, 1.54) is 12.2 Å². The monoisotopic (exact) mass is 638 g/mol. The average molecular weight is 639 g/mol. The van der Waals surface area contributed by atoms with Crippen LogP contribution in [0, 0.1) is 0 Å². The van der Waals surface area contributed by atoms with Crippen molar-refractivity contribution in [3.8, 4) is 33.8 Å². The lowest BCUT2D eigenvalue weighted by Crippen LogP contribution is -2.15. The van der Waals surface area contributed by atoms with E-state index in [9.17, 15) is 19.2 Å². The van der Waals surface area contributed by atoms with E-state index >= 15 is 0 Å². The van der Waals surface area contributed by atoms with E-state index in [-0.39, 0.29) is 39.7 Å². The normalized spacial score (nSPS) is 15.4. The Hall–Kier alpha value is -6.40. The Kier molecular flexibility index (Phi) is 6.05. The number of allylic oxidation sites excluding steroid dienone is 2. The summed E-state index contributed by atoms with van der Waals surface area (Å²) in [6.45, 7) is 4.37. The van der Waals surface area contributed by atoms with E-state index in [0.29, 0.717) is 45.3 Å². The van der Waals surface area contributed by atoms with Crippen LogP contribution in [0.4, 0.5) is 0 Å². The quantitative estimate of drug-likeness (QED) is 0.141. The Labute approximate surface area is 281 Å². The molecule has 0 saturated carbocycles. The summed E-state index contributed by atoms with van der Waals surface area (Å²) in [5, 5.41) is 0. The standard InChI is InChI=1S/C43H26O6/c1-43(2)35-19-23(37-17-13-25(48-37)21-33-39(44)29-7-3-4-8-30(29)40(33)45)11-15-27(35)28-16-12-24(20-36(28)43)38-18-14-26(49-38)22-34-41(46)31-9-5-6-10-32(31)42(34)47/h3-22H,1-2H3. The molecule has 6 aromatic rings. The predicted octanol–water partition coefficient (Wildman–Crippen LogP) is 9.44. The summed E-state index contributed by atoms with van der Waals surface area (Å²) in [5.41, 5.74) is 7.88. The van der Waals surface area contributed by atoms with Crippen LogP contribution in [0.3, 0.4) is 0 Å². The second kappa shape index (κ2) is 10.3. The topological polar surface area (TPSA) is 94.6 Å². The molecule has 4 aromatic carbocycles. The minimum absolute atomic E-state index is 0.106. The Balaban J connectivity index is 0.995. The molecule has 234 valence electrons. The molecular formula is C43H26O6. The molecule has 0 aliphatic heterocycles. The molecule has 3 aliphatic carbocycles. The Morgan fingerprint density at radius 1 is 0.449 bits per heavy atom. The fourth-order valence-electron chi connectivity index (χ4n) is 7.31. The number of carbonyl (C=O) groups is 4. The van der Waals surface area contributed by atoms with Gasteiger partial charge in [-0.05, 0) is 70.8 Å². The lowest BCUT2D eigenvalue weighted by Gasteiger charge is -2.22. The highest BCUT2D eigenvalue weighted by molar-refractivity contribution is 6.42. The molecule has 9 rings (SSSR count). The van der Waals surface area contributed by atoms with Gasteiger partial charge in [0.15, 0.2) is 23.1 Å². The van der Waals surface area contributed by atoms with Gasteiger partial charge in [0.25, 0.3) is 0 Å². The third-order valence-electron chi connectivity index (χ3n) is 9.88. The summed E-state index contributed by atoms with van der Waals surface area (Å²) in [6, 6.07) is 33.5. The van der Waals surface area contributed by atoms with E-state index in [1.54, 1.807) is 60.7 Å². The third-order valence-corrected chi connectivity index (χ3v) is 9.88. The van der Waals surface area contributed by atoms with Gasteiger partial charge < -0.3 is 8.83 Å². The molecule has 2 aromatic heterocycles. The SMILES string of the molecule is CC1(C)c2cc(-c3ccc(C=C4C(=O)c5ccccc5C4=O)o3)ccc2-c2ccc(-c3ccc(C=C4C(=O)c5ccccc5C4=O)o3)cc21. The van der Waals surface area contributed by atoms with Gasteiger partial charge in [0.05, 0.1) is 11.1 Å². The van der Waals surface area contributed by atoms with Crippen LogP contribution in [0.15, 0.2) is 129 Å². The van der Waals surface area contributed by atoms with Gasteiger partial charge in [-0.2, -0.15) is 0 Å². The molecule has 6 nitrogen and oxygen atoms in total. The summed E-state index contributed by atoms with van der Waals surface area (Å²) in [6.07, 6.45) is 3.06. The average Bonchev–Trinajstić information content (AvgIpc) is 3.93. The number of ketones is 4. The third kappa shape index (κ3) is 4.27. The number of Topliss-reactive ketones (excluding diaryl/α,β-unsaturated/α-hetero) is 4. The minimum Gasteiger partial charge on any atom is -0.457 e. The molecule has 0 atom stereocenters. The van der Waals surface area contributed by atoms with Crippen molar-refractivity contribution >= 4 is 35.3 Å². The molecule has 0 unspecified atom stereocenters. The summed E-state index contributed by atoms with van der Waals surface area (Å²) in [4.78, 5) is 51.5. The van der Waals surface area contributed by atoms with Crippen molar-refractivity contribution in [3.63, 3.8) is 0 Å². The van der Waals surface area contributed by atoms with Crippen LogP contribution in [0.1, 0.15) is 77.9 Å². The van der Waals surface area contributed by atoms with Crippen LogP contribution in [-0.4, -0.2) is 23.1 Å². The molecule has 0 fully saturated rings. The van der Waals surface area contributed by atoms with Crippen LogP contribution < -0.4 is 0 Å². The Morgan fingerprint density at radius 2 is 0.816 bits per heavy atom. The molecule has 6 heteroatoms. The summed E-state index contributed by atoms with van der Waals surface area (Å²) < 4.78 is 12.3. The highest BCUT2D eigenvalue weighted by Crippen LogP contribution is 2.51. The smallest absolute Gasteiger partial charge is 0.197 e. The van der Waals surface area contributed by atoms with E-state index in [1.807, 2.05) is 24.3 Å². The first-order valence-corrected chi connectivity index (χ1v) is 16.0. The minimum atomic E-state index is -0.339. The number of fused-ring (bicyclic) bond motifs is 5. The predicted molar refractivity (Wildman–Crippen MR) is 186 cm³/mol. The number of hydrogen-bond donors (Lipinski definition) is 0. The highest BCUT2D eigenvalue weighted by Gasteiger charge is 2.37. The van der Waals surface area contributed by atoms with Crippen LogP contribution >= 0.6 is 0 Å². The van der Waals surface area contributed by atoms with Crippen molar-refractivity contribution in [1.29, 1.82) is 0 Å². The Bertz CT molecular complexity index is 2300. The number of furan rings is 2. The van der Waals surface area contributed by atoms with Crippen LogP contribution in [0.25, 0.3) is 45.9 Å². The fraction of sp³-hybridized carbons (Fsp3) is 0.0698. The van der Waals surface area contributed by atoms with Gasteiger partial charge in [0.2, 0.25) is 0 Å². The van der Waals surface area contributed by atoms with Crippen LogP contribution in [0.2, 0.25) is 0 Å². The second-order valence-electron chi connectivity index (χ2n) is 13.1. The van der Waals surface area contributed by atoms with Gasteiger partial charge in [-0.3, -0.25) is 19.2 Å². The maximum absolute atomic E-state index is 12.9. The first kappa shape index (κ1) is 28.8. The maximum atomic E-state index is 12.9. The fourth-order valence-corrected chi connectivity index (χ4v) is 7.31. The molecule has 49 heavy (non-hydrogen) atoms. The molecule has 0 saturated heterocycles. The lowest BCUT2D eigenvalue weighted by atomic mass is 9.81. The lowest BCUT2D eigenvalue weighted by molar-refractivity contribution is 0.0974. The van der Waals surface area contributed by atoms with Crippen molar-refractivity contribution in [2.75, 3.05) is 0 Å². The van der Waals surface area contributed by atoms with Crippen molar-refractivity contribution in [2.45, 2.75) is 19.3 Å². The van der Waals surface area contributed by atoms with E-state index in [2.05, 4.69) is 38.1 Å². The van der Waals surface area contributed by atoms with Crippen LogP contribution in [0.5, 0.6) is 0 Å². The largest absolute Gasteiger partial charge is 0.457 e. The van der Waals surface area contributed by atoms with Gasteiger partial charge in [-0.15, -0.1) is 0 Å². The van der Waals surface area contributed by atoms with Gasteiger partial charge in [-0.1, -0.05) is 86.6 Å². The van der Waals surface area contributed by atoms with E-state index in [0.717, 1.165) is 33.4 Å². The molecule has 0 bridgehead atoms. The van der Waals surface area contributed by atoms with Crippen LogP contribution in [-0.2, 0) is 5.41 Å². The van der Waals surface area contributed by atoms with Gasteiger partial charge in [0, 0.05) is 38.8 Å². The number of benzene rings is 4. The van der Waals surface area contributed by atoms with Crippen molar-refractivity contribution in [3.05, 3.63) is 165 Å². The number of carbonyl (C=O) groups excluding carboxylic acids is 4. The van der Waals surface area contributed by atoms with Crippen molar-refractivity contribution < 1.29 is 28.0 Å². The molecule has 0 amide bonds. The molecule has 3 aliphatic rings. The number of rotatable bonds is 4. The molecule has 2 heterocycles. The molecule has 0 spiro atoms. The zero-order valence-electron chi connectivity index (χ0n) is 26.5. The first-order valence-electron chi connectivity index (χ1n) is 16.0. The second-order valence-corrected chi connectivity index (χ2v) is 13.1. The van der Waals surface area contributed by atoms with Crippen molar-refractivity contribution in [1.82, 2.24) is 0 Å². The number of hydrogen-bond acceptors (Lipinski definition) is 6. The highest BCUT2D eigenvalue weighted by atomic mass is 16.3. The summed E-state index contributed by atoms with van der Waals surface area (Å²) in [5.74, 6) is 0.990. The molecule has 0 radical (unpaired) electrons. The molecule has 0 N–H and O–H groups in total. The zero-order valence-corrected chi connectivity index (χ0v) is 26.5. The van der Waals surface area contributed by atoms with Gasteiger partial charge in [0.1, 0.15) is 23.0 Å². The maximum Gasteiger partial charge on any atom is 0.197 e. The zero-order chi connectivity index (χ0) is 33.6. The van der Waals surface area contributed by atoms with Gasteiger partial charge >= 0.3 is 0 Å². The Morgan fingerprint density at radius 3 is 1.18 bits per heavy atom. The van der Waals surface area contributed by atoms with Crippen molar-refractivity contribution in [2.24, 2.45) is 0 Å². The van der Waals surface area contributed by atoms with E-state index in [4.69, 9.17) is 8.83 Å². The summed E-state index contributed by atoms with van der Waals surface area (Å²) in [7, 11) is 0.